The zero-order valence-electron chi connectivity index (χ0n) is 8.68. The Morgan fingerprint density at radius 2 is 2.07 bits per heavy atom. The molecule has 0 bridgehead atoms. The third-order valence-electron chi connectivity index (χ3n) is 1.80. The van der Waals surface area contributed by atoms with Gasteiger partial charge in [0.2, 0.25) is 0 Å². The molecule has 0 saturated carbocycles. The Morgan fingerprint density at radius 3 is 2.60 bits per heavy atom. The lowest BCUT2D eigenvalue weighted by molar-refractivity contribution is 0.712. The van der Waals surface area contributed by atoms with Crippen LogP contribution in [0.3, 0.4) is 0 Å². The van der Waals surface area contributed by atoms with Crippen LogP contribution in [0.2, 0.25) is 0 Å². The minimum absolute atomic E-state index is 0.139. The van der Waals surface area contributed by atoms with Crippen molar-refractivity contribution in [3.8, 4) is 11.8 Å². The van der Waals surface area contributed by atoms with Crippen LogP contribution < -0.4 is 17.0 Å². The van der Waals surface area contributed by atoms with Crippen LogP contribution in [0.5, 0.6) is 0 Å². The predicted octanol–water partition coefficient (Wildman–Crippen LogP) is -0.676. The molecular weight excluding hydrogens is 194 g/mol. The fourth-order valence-corrected chi connectivity index (χ4v) is 1.27. The number of aromatic amines is 2. The minimum atomic E-state index is -0.530. The van der Waals surface area contributed by atoms with Gasteiger partial charge in [-0.05, 0) is 13.8 Å². The summed E-state index contributed by atoms with van der Waals surface area (Å²) in [5.74, 6) is 5.28. The normalized spacial score (nSPS) is 11.7. The van der Waals surface area contributed by atoms with Gasteiger partial charge in [-0.2, -0.15) is 0 Å². The van der Waals surface area contributed by atoms with Gasteiger partial charge >= 0.3 is 5.69 Å². The summed E-state index contributed by atoms with van der Waals surface area (Å²) in [6.45, 7) is 3.42. The van der Waals surface area contributed by atoms with Gasteiger partial charge in [-0.15, -0.1) is 5.92 Å². The Hall–Kier alpha value is -1.80. The van der Waals surface area contributed by atoms with E-state index in [-0.39, 0.29) is 11.6 Å². The summed E-state index contributed by atoms with van der Waals surface area (Å²) in [5.41, 5.74) is 5.39. The van der Waals surface area contributed by atoms with Gasteiger partial charge in [0.15, 0.2) is 0 Å². The van der Waals surface area contributed by atoms with Gasteiger partial charge in [-0.1, -0.05) is 5.92 Å². The lowest BCUT2D eigenvalue weighted by atomic mass is 10.1. The summed E-state index contributed by atoms with van der Waals surface area (Å²) in [4.78, 5) is 27.1. The third kappa shape index (κ3) is 2.82. The number of nitrogens with one attached hydrogen (secondary N) is 2. The molecule has 1 atom stereocenters. The number of hydrogen-bond donors (Lipinski definition) is 3. The maximum absolute atomic E-state index is 11.4. The van der Waals surface area contributed by atoms with E-state index in [1.165, 1.54) is 0 Å². The Morgan fingerprint density at radius 1 is 1.40 bits per heavy atom. The maximum atomic E-state index is 11.4. The first-order valence-electron chi connectivity index (χ1n) is 4.58. The summed E-state index contributed by atoms with van der Waals surface area (Å²) < 4.78 is 0. The molecule has 1 heterocycles. The van der Waals surface area contributed by atoms with E-state index in [1.54, 1.807) is 13.8 Å². The molecule has 0 saturated heterocycles. The molecule has 0 aromatic carbocycles. The lowest BCUT2D eigenvalue weighted by Gasteiger charge is -2.05. The quantitative estimate of drug-likeness (QED) is 0.561. The molecule has 0 aliphatic heterocycles. The fraction of sp³-hybridized carbons (Fsp3) is 0.400. The molecule has 0 spiro atoms. The summed E-state index contributed by atoms with van der Waals surface area (Å²) >= 11 is 0. The standard InChI is InChI=1S/C10H13N3O2/c1-3-4-7-8(5-6(2)11)12-10(15)13-9(7)14/h6H,5,11H2,1-2H3,(H2,12,13,14,15). The van der Waals surface area contributed by atoms with Crippen molar-refractivity contribution in [2.75, 3.05) is 0 Å². The van der Waals surface area contributed by atoms with Gasteiger partial charge in [-0.3, -0.25) is 9.78 Å². The van der Waals surface area contributed by atoms with Crippen LogP contribution in [0.25, 0.3) is 0 Å². The van der Waals surface area contributed by atoms with Gasteiger partial charge in [0, 0.05) is 18.2 Å². The first-order valence-corrected chi connectivity index (χ1v) is 4.58. The minimum Gasteiger partial charge on any atom is -0.328 e. The highest BCUT2D eigenvalue weighted by molar-refractivity contribution is 5.35. The highest BCUT2D eigenvalue weighted by atomic mass is 16.2. The molecule has 0 fully saturated rings. The lowest BCUT2D eigenvalue weighted by Crippen LogP contribution is -2.30. The first kappa shape index (κ1) is 11.3. The van der Waals surface area contributed by atoms with Crippen LogP contribution in [0.1, 0.15) is 25.1 Å². The summed E-state index contributed by atoms with van der Waals surface area (Å²) in [7, 11) is 0. The highest BCUT2D eigenvalue weighted by Crippen LogP contribution is 1.99. The van der Waals surface area contributed by atoms with E-state index in [0.717, 1.165) is 0 Å². The summed E-state index contributed by atoms with van der Waals surface area (Å²) in [5, 5.41) is 0. The van der Waals surface area contributed by atoms with Crippen molar-refractivity contribution in [2.24, 2.45) is 5.73 Å². The highest BCUT2D eigenvalue weighted by Gasteiger charge is 2.08. The van der Waals surface area contributed by atoms with E-state index >= 15 is 0 Å². The fourth-order valence-electron chi connectivity index (χ4n) is 1.27. The molecule has 0 aliphatic carbocycles. The summed E-state index contributed by atoms with van der Waals surface area (Å²) in [6.07, 6.45) is 0.420. The van der Waals surface area contributed by atoms with E-state index in [0.29, 0.717) is 12.1 Å². The van der Waals surface area contributed by atoms with E-state index in [2.05, 4.69) is 21.8 Å². The number of aromatic nitrogens is 2. The maximum Gasteiger partial charge on any atom is 0.325 e. The molecule has 15 heavy (non-hydrogen) atoms. The molecule has 5 nitrogen and oxygen atoms in total. The van der Waals surface area contributed by atoms with Gasteiger partial charge in [0.05, 0.1) is 0 Å². The number of hydrogen-bond acceptors (Lipinski definition) is 3. The second-order valence-corrected chi connectivity index (χ2v) is 3.32. The molecule has 1 aromatic rings. The van der Waals surface area contributed by atoms with Crippen molar-refractivity contribution in [1.29, 1.82) is 0 Å². The second kappa shape index (κ2) is 4.62. The van der Waals surface area contributed by atoms with Crippen LogP contribution in [0.15, 0.2) is 9.59 Å². The van der Waals surface area contributed by atoms with E-state index < -0.39 is 11.2 Å². The SMILES string of the molecule is CC#Cc1c(CC(C)N)[nH]c(=O)[nH]c1=O. The molecule has 1 unspecified atom stereocenters. The van der Waals surface area contributed by atoms with Crippen molar-refractivity contribution < 1.29 is 0 Å². The van der Waals surface area contributed by atoms with Crippen molar-refractivity contribution in [1.82, 2.24) is 9.97 Å². The Bertz CT molecular complexity index is 514. The molecule has 0 aliphatic rings. The van der Waals surface area contributed by atoms with Crippen LogP contribution in [-0.4, -0.2) is 16.0 Å². The molecule has 1 aromatic heterocycles. The smallest absolute Gasteiger partial charge is 0.325 e. The van der Waals surface area contributed by atoms with Crippen molar-refractivity contribution in [3.63, 3.8) is 0 Å². The zero-order chi connectivity index (χ0) is 11.4. The first-order chi connectivity index (χ1) is 7.04. The topological polar surface area (TPSA) is 91.7 Å². The second-order valence-electron chi connectivity index (χ2n) is 3.32. The molecule has 80 valence electrons. The largest absolute Gasteiger partial charge is 0.328 e. The van der Waals surface area contributed by atoms with Crippen molar-refractivity contribution in [3.05, 3.63) is 32.1 Å². The Kier molecular flexibility index (Phi) is 3.47. The van der Waals surface area contributed by atoms with Crippen LogP contribution >= 0.6 is 0 Å². The molecule has 1 rings (SSSR count). The number of rotatable bonds is 2. The van der Waals surface area contributed by atoms with E-state index in [4.69, 9.17) is 5.73 Å². The zero-order valence-corrected chi connectivity index (χ0v) is 8.68. The average molecular weight is 207 g/mol. The molecule has 0 amide bonds. The van der Waals surface area contributed by atoms with Gasteiger partial charge in [0.25, 0.3) is 5.56 Å². The average Bonchev–Trinajstić information content (AvgIpc) is 2.10. The summed E-state index contributed by atoms with van der Waals surface area (Å²) in [6, 6.07) is -0.139. The molecular formula is C10H13N3O2. The number of H-pyrrole nitrogens is 2. The molecule has 5 heteroatoms. The number of nitrogens with two attached hydrogens (primary N) is 1. The van der Waals surface area contributed by atoms with Gasteiger partial charge in [-0.25, -0.2) is 4.79 Å². The van der Waals surface area contributed by atoms with Crippen LogP contribution in [0.4, 0.5) is 0 Å². The molecule has 4 N–H and O–H groups in total. The van der Waals surface area contributed by atoms with E-state index in [1.807, 2.05) is 0 Å². The van der Waals surface area contributed by atoms with Crippen LogP contribution in [0, 0.1) is 11.8 Å². The van der Waals surface area contributed by atoms with E-state index in [9.17, 15) is 9.59 Å². The molecule has 0 radical (unpaired) electrons. The third-order valence-corrected chi connectivity index (χ3v) is 1.80. The Balaban J connectivity index is 3.37. The monoisotopic (exact) mass is 207 g/mol. The van der Waals surface area contributed by atoms with Gasteiger partial charge < -0.3 is 10.7 Å². The van der Waals surface area contributed by atoms with Crippen LogP contribution in [-0.2, 0) is 6.42 Å². The van der Waals surface area contributed by atoms with Gasteiger partial charge in [0.1, 0.15) is 5.56 Å². The predicted molar refractivity (Wildman–Crippen MR) is 57.6 cm³/mol. The van der Waals surface area contributed by atoms with Crippen molar-refractivity contribution >= 4 is 0 Å². The Labute approximate surface area is 86.7 Å². The van der Waals surface area contributed by atoms with Crippen molar-refractivity contribution in [2.45, 2.75) is 26.3 Å².